The smallest absolute Gasteiger partial charge is 0.303 e. The highest BCUT2D eigenvalue weighted by Crippen LogP contribution is 2.22. The van der Waals surface area contributed by atoms with Crippen molar-refractivity contribution in [2.75, 3.05) is 0 Å². The van der Waals surface area contributed by atoms with Gasteiger partial charge in [-0.3, -0.25) is 4.79 Å². The fraction of sp³-hybridized carbons (Fsp3) is 0.963. The second kappa shape index (κ2) is 23.7. The molecule has 0 amide bonds. The summed E-state index contributed by atoms with van der Waals surface area (Å²) in [6.45, 7) is 4.54. The Balaban J connectivity index is 3.56. The topological polar surface area (TPSA) is 37.3 Å². The lowest BCUT2D eigenvalue weighted by Crippen LogP contribution is -2.08. The Morgan fingerprint density at radius 1 is 0.517 bits per heavy atom. The van der Waals surface area contributed by atoms with Crippen molar-refractivity contribution < 1.29 is 9.90 Å². The molecule has 0 unspecified atom stereocenters. The van der Waals surface area contributed by atoms with Crippen molar-refractivity contribution in [3.8, 4) is 0 Å². The number of aliphatic carboxylic acids is 1. The third kappa shape index (κ3) is 23.6. The summed E-state index contributed by atoms with van der Waals surface area (Å²) < 4.78 is 0. The first-order chi connectivity index (χ1) is 14.2. The van der Waals surface area contributed by atoms with E-state index in [1.165, 1.54) is 128 Å². The van der Waals surface area contributed by atoms with Crippen molar-refractivity contribution in [1.82, 2.24) is 0 Å². The zero-order valence-electron chi connectivity index (χ0n) is 20.2. The van der Waals surface area contributed by atoms with Crippen LogP contribution in [0.1, 0.15) is 162 Å². The monoisotopic (exact) mass is 410 g/mol. The minimum Gasteiger partial charge on any atom is -0.481 e. The Labute approximate surface area is 183 Å². The van der Waals surface area contributed by atoms with E-state index >= 15 is 0 Å². The molecule has 0 aliphatic heterocycles. The van der Waals surface area contributed by atoms with Crippen molar-refractivity contribution in [1.29, 1.82) is 0 Å². The van der Waals surface area contributed by atoms with Gasteiger partial charge in [0.2, 0.25) is 0 Å². The maximum absolute atomic E-state index is 11.2. The Bertz CT molecular complexity index is 302. The number of unbranched alkanes of at least 4 members (excludes halogenated alkanes) is 18. The molecular formula is C27H54O2. The molecule has 2 nitrogen and oxygen atoms in total. The molecule has 0 radical (unpaired) electrons. The van der Waals surface area contributed by atoms with Gasteiger partial charge in [0.15, 0.2) is 0 Å². The van der Waals surface area contributed by atoms with Gasteiger partial charge in [-0.1, -0.05) is 142 Å². The first-order valence-corrected chi connectivity index (χ1v) is 13.4. The first-order valence-electron chi connectivity index (χ1n) is 13.4. The lowest BCUT2D eigenvalue weighted by molar-refractivity contribution is -0.138. The maximum Gasteiger partial charge on any atom is 0.303 e. The van der Waals surface area contributed by atoms with Gasteiger partial charge < -0.3 is 5.11 Å². The van der Waals surface area contributed by atoms with Gasteiger partial charge >= 0.3 is 5.97 Å². The summed E-state index contributed by atoms with van der Waals surface area (Å²) >= 11 is 0. The van der Waals surface area contributed by atoms with Crippen molar-refractivity contribution in [3.05, 3.63) is 0 Å². The molecule has 0 aliphatic carbocycles. The van der Waals surface area contributed by atoms with E-state index in [1.54, 1.807) is 0 Å². The largest absolute Gasteiger partial charge is 0.481 e. The molecule has 0 aromatic carbocycles. The normalized spacial score (nSPS) is 11.4. The molecule has 0 aromatic heterocycles. The van der Waals surface area contributed by atoms with Crippen LogP contribution >= 0.6 is 0 Å². The van der Waals surface area contributed by atoms with Crippen LogP contribution in [0, 0.1) is 5.92 Å². The maximum atomic E-state index is 11.2. The predicted molar refractivity (Wildman–Crippen MR) is 129 cm³/mol. The Morgan fingerprint density at radius 2 is 0.793 bits per heavy atom. The second-order valence-corrected chi connectivity index (χ2v) is 9.41. The minimum absolute atomic E-state index is 0.384. The number of rotatable bonds is 24. The van der Waals surface area contributed by atoms with Crippen molar-refractivity contribution in [2.45, 2.75) is 162 Å². The van der Waals surface area contributed by atoms with Gasteiger partial charge in [0.25, 0.3) is 0 Å². The molecule has 29 heavy (non-hydrogen) atoms. The Morgan fingerprint density at radius 3 is 1.07 bits per heavy atom. The summed E-state index contributed by atoms with van der Waals surface area (Å²) in [6.07, 6.45) is 29.8. The highest BCUT2D eigenvalue weighted by atomic mass is 16.4. The first kappa shape index (κ1) is 28.5. The Hall–Kier alpha value is -0.530. The third-order valence-electron chi connectivity index (χ3n) is 6.40. The van der Waals surface area contributed by atoms with Crippen LogP contribution in [0.25, 0.3) is 0 Å². The lowest BCUT2D eigenvalue weighted by Gasteiger charge is -2.14. The average Bonchev–Trinajstić information content (AvgIpc) is 2.70. The summed E-state index contributed by atoms with van der Waals surface area (Å²) in [5.41, 5.74) is 0. The van der Waals surface area contributed by atoms with E-state index in [-0.39, 0.29) is 0 Å². The van der Waals surface area contributed by atoms with Crippen LogP contribution in [0.5, 0.6) is 0 Å². The number of hydrogen-bond donors (Lipinski definition) is 1. The second-order valence-electron chi connectivity index (χ2n) is 9.41. The van der Waals surface area contributed by atoms with Gasteiger partial charge in [0.1, 0.15) is 0 Å². The molecule has 0 atom stereocenters. The highest BCUT2D eigenvalue weighted by Gasteiger charge is 2.12. The van der Waals surface area contributed by atoms with Crippen LogP contribution in [0.3, 0.4) is 0 Å². The molecule has 0 bridgehead atoms. The quantitative estimate of drug-likeness (QED) is 0.161. The zero-order chi connectivity index (χ0) is 21.4. The third-order valence-corrected chi connectivity index (χ3v) is 6.40. The van der Waals surface area contributed by atoms with Gasteiger partial charge in [-0.05, 0) is 18.8 Å². The summed E-state index contributed by atoms with van der Waals surface area (Å²) in [4.78, 5) is 11.2. The summed E-state index contributed by atoms with van der Waals surface area (Å²) in [5, 5.41) is 9.21. The number of carbonyl (C=O) groups is 1. The molecule has 0 spiro atoms. The summed E-state index contributed by atoms with van der Waals surface area (Å²) in [5.74, 6) is -0.190. The van der Waals surface area contributed by atoms with Crippen LogP contribution in [-0.4, -0.2) is 11.1 Å². The van der Waals surface area contributed by atoms with Crippen LogP contribution < -0.4 is 0 Å². The standard InChI is InChI=1S/C27H54O2/c1-3-5-7-9-11-13-15-17-19-21-23-26(25-27(28)29)24-22-20-18-16-14-12-10-8-6-4-2/h26H,3-25H2,1-2H3,(H,28,29). The predicted octanol–water partition coefficient (Wildman–Crippen LogP) is 9.70. The molecule has 0 saturated heterocycles. The zero-order valence-corrected chi connectivity index (χ0v) is 20.2. The molecule has 0 fully saturated rings. The fourth-order valence-corrected chi connectivity index (χ4v) is 4.44. The SMILES string of the molecule is CCCCCCCCCCCCC(CCCCCCCCCCCC)CC(=O)O. The fourth-order valence-electron chi connectivity index (χ4n) is 4.44. The van der Waals surface area contributed by atoms with E-state index in [0.717, 1.165) is 12.8 Å². The summed E-state index contributed by atoms with van der Waals surface area (Å²) in [7, 11) is 0. The van der Waals surface area contributed by atoms with Gasteiger partial charge in [-0.15, -0.1) is 0 Å². The van der Waals surface area contributed by atoms with Crippen LogP contribution in [0.4, 0.5) is 0 Å². The van der Waals surface area contributed by atoms with Gasteiger partial charge in [-0.2, -0.15) is 0 Å². The molecule has 0 aliphatic rings. The number of carboxylic acids is 1. The molecule has 1 N–H and O–H groups in total. The van der Waals surface area contributed by atoms with E-state index < -0.39 is 5.97 Å². The molecule has 0 heterocycles. The van der Waals surface area contributed by atoms with Gasteiger partial charge in [0.05, 0.1) is 0 Å². The molecule has 2 heteroatoms. The van der Waals surface area contributed by atoms with Crippen LogP contribution in [-0.2, 0) is 4.79 Å². The van der Waals surface area contributed by atoms with Crippen molar-refractivity contribution in [2.24, 2.45) is 5.92 Å². The van der Waals surface area contributed by atoms with Crippen molar-refractivity contribution in [3.63, 3.8) is 0 Å². The van der Waals surface area contributed by atoms with E-state index in [1.807, 2.05) is 0 Å². The molecular weight excluding hydrogens is 356 g/mol. The average molecular weight is 411 g/mol. The van der Waals surface area contributed by atoms with E-state index in [2.05, 4.69) is 13.8 Å². The van der Waals surface area contributed by atoms with E-state index in [4.69, 9.17) is 0 Å². The molecule has 0 rings (SSSR count). The van der Waals surface area contributed by atoms with Gasteiger partial charge in [0, 0.05) is 6.42 Å². The van der Waals surface area contributed by atoms with Crippen molar-refractivity contribution >= 4 is 5.97 Å². The lowest BCUT2D eigenvalue weighted by atomic mass is 9.91. The molecule has 0 aromatic rings. The molecule has 0 saturated carbocycles. The van der Waals surface area contributed by atoms with Crippen LogP contribution in [0.2, 0.25) is 0 Å². The molecule has 174 valence electrons. The van der Waals surface area contributed by atoms with Gasteiger partial charge in [-0.25, -0.2) is 0 Å². The van der Waals surface area contributed by atoms with Crippen LogP contribution in [0.15, 0.2) is 0 Å². The van der Waals surface area contributed by atoms with E-state index in [9.17, 15) is 9.90 Å². The number of hydrogen-bond acceptors (Lipinski definition) is 1. The minimum atomic E-state index is -0.603. The van der Waals surface area contributed by atoms with E-state index in [0.29, 0.717) is 12.3 Å². The number of carboxylic acid groups (broad SMARTS) is 1. The Kier molecular flexibility index (Phi) is 23.3. The highest BCUT2D eigenvalue weighted by molar-refractivity contribution is 5.66. The summed E-state index contributed by atoms with van der Waals surface area (Å²) in [6, 6.07) is 0.